The van der Waals surface area contributed by atoms with Gasteiger partial charge < -0.3 is 10.2 Å². The fourth-order valence-electron chi connectivity index (χ4n) is 2.53. The summed E-state index contributed by atoms with van der Waals surface area (Å²) in [7, 11) is 2.16. The van der Waals surface area contributed by atoms with E-state index in [1.165, 1.54) is 18.4 Å². The zero-order valence-electron chi connectivity index (χ0n) is 11.6. The van der Waals surface area contributed by atoms with Crippen molar-refractivity contribution in [2.75, 3.05) is 13.6 Å². The first kappa shape index (κ1) is 14.3. The molecule has 3 heteroatoms. The monoisotopic (exact) mass is 238 g/mol. The van der Waals surface area contributed by atoms with E-state index in [2.05, 4.69) is 25.8 Å². The largest absolute Gasteiger partial charge is 0.469 e. The van der Waals surface area contributed by atoms with Crippen LogP contribution in [0.25, 0.3) is 0 Å². The van der Waals surface area contributed by atoms with Gasteiger partial charge in [-0.25, -0.2) is 0 Å². The first-order valence-corrected chi connectivity index (χ1v) is 6.57. The summed E-state index contributed by atoms with van der Waals surface area (Å²) in [5.74, 6) is 1.69. The Kier molecular flexibility index (Phi) is 5.72. The number of likely N-dealkylation sites (N-methyl/N-ethyl adjacent to an activating group) is 1. The van der Waals surface area contributed by atoms with E-state index in [0.29, 0.717) is 12.0 Å². The van der Waals surface area contributed by atoms with Crippen LogP contribution in [0.1, 0.15) is 38.0 Å². The number of hydrogen-bond acceptors (Lipinski definition) is 3. The second kappa shape index (κ2) is 6.82. The summed E-state index contributed by atoms with van der Waals surface area (Å²) < 4.78 is 5.33. The topological polar surface area (TPSA) is 42.4 Å². The summed E-state index contributed by atoms with van der Waals surface area (Å²) in [5.41, 5.74) is 7.19. The standard InChI is InChI=1S/C14H26N2O/c1-5-12(6-2)14(9-15)16(4)10-13-7-8-17-11(13)3/h7-8,12,14H,5-6,9-10,15H2,1-4H3. The lowest BCUT2D eigenvalue weighted by Crippen LogP contribution is -2.42. The molecule has 0 aromatic carbocycles. The second-order valence-corrected chi connectivity index (χ2v) is 4.80. The summed E-state index contributed by atoms with van der Waals surface area (Å²) in [6.07, 6.45) is 4.13. The van der Waals surface area contributed by atoms with Gasteiger partial charge >= 0.3 is 0 Å². The first-order chi connectivity index (χ1) is 8.13. The quantitative estimate of drug-likeness (QED) is 0.794. The van der Waals surface area contributed by atoms with E-state index in [9.17, 15) is 0 Å². The fraction of sp³-hybridized carbons (Fsp3) is 0.714. The van der Waals surface area contributed by atoms with E-state index in [1.54, 1.807) is 6.26 Å². The molecule has 1 rings (SSSR count). The molecule has 0 saturated heterocycles. The van der Waals surface area contributed by atoms with Crippen LogP contribution < -0.4 is 5.73 Å². The molecule has 3 nitrogen and oxygen atoms in total. The van der Waals surface area contributed by atoms with Gasteiger partial charge in [0.2, 0.25) is 0 Å². The van der Waals surface area contributed by atoms with Crippen LogP contribution in [0, 0.1) is 12.8 Å². The average molecular weight is 238 g/mol. The Bertz CT molecular complexity index is 318. The SMILES string of the molecule is CCC(CC)C(CN)N(C)Cc1ccoc1C. The molecule has 1 atom stereocenters. The number of rotatable bonds is 7. The van der Waals surface area contributed by atoms with Crippen LogP contribution in [0.5, 0.6) is 0 Å². The highest BCUT2D eigenvalue weighted by molar-refractivity contribution is 5.15. The summed E-state index contributed by atoms with van der Waals surface area (Å²) in [5, 5.41) is 0. The molecule has 1 unspecified atom stereocenters. The number of hydrogen-bond donors (Lipinski definition) is 1. The Hall–Kier alpha value is -0.800. The molecule has 17 heavy (non-hydrogen) atoms. The molecule has 0 spiro atoms. The maximum atomic E-state index is 5.93. The van der Waals surface area contributed by atoms with Gasteiger partial charge in [0.15, 0.2) is 0 Å². The van der Waals surface area contributed by atoms with Crippen LogP contribution in [-0.4, -0.2) is 24.5 Å². The van der Waals surface area contributed by atoms with Crippen molar-refractivity contribution >= 4 is 0 Å². The molecule has 0 radical (unpaired) electrons. The lowest BCUT2D eigenvalue weighted by molar-refractivity contribution is 0.164. The highest BCUT2D eigenvalue weighted by Gasteiger charge is 2.22. The van der Waals surface area contributed by atoms with Crippen molar-refractivity contribution in [2.45, 2.75) is 46.2 Å². The van der Waals surface area contributed by atoms with Gasteiger partial charge in [-0.3, -0.25) is 4.90 Å². The molecular formula is C14H26N2O. The number of furan rings is 1. The van der Waals surface area contributed by atoms with Gasteiger partial charge in [-0.15, -0.1) is 0 Å². The van der Waals surface area contributed by atoms with Gasteiger partial charge in [0, 0.05) is 24.7 Å². The zero-order chi connectivity index (χ0) is 12.8. The molecule has 0 bridgehead atoms. The Morgan fingerprint density at radius 2 is 2.00 bits per heavy atom. The van der Waals surface area contributed by atoms with Crippen LogP contribution in [0.4, 0.5) is 0 Å². The predicted molar refractivity (Wildman–Crippen MR) is 71.8 cm³/mol. The third-order valence-corrected chi connectivity index (χ3v) is 3.79. The van der Waals surface area contributed by atoms with Crippen LogP contribution in [0.2, 0.25) is 0 Å². The second-order valence-electron chi connectivity index (χ2n) is 4.80. The molecule has 1 aromatic rings. The van der Waals surface area contributed by atoms with Crippen molar-refractivity contribution in [1.82, 2.24) is 4.90 Å². The molecule has 1 heterocycles. The molecule has 1 aromatic heterocycles. The molecule has 98 valence electrons. The van der Waals surface area contributed by atoms with E-state index >= 15 is 0 Å². The van der Waals surface area contributed by atoms with Gasteiger partial charge in [0.25, 0.3) is 0 Å². The molecule has 0 amide bonds. The average Bonchev–Trinajstić information content (AvgIpc) is 2.71. The van der Waals surface area contributed by atoms with E-state index < -0.39 is 0 Å². The van der Waals surface area contributed by atoms with E-state index in [-0.39, 0.29) is 0 Å². The summed E-state index contributed by atoms with van der Waals surface area (Å²) in [6, 6.07) is 2.51. The summed E-state index contributed by atoms with van der Waals surface area (Å²) >= 11 is 0. The van der Waals surface area contributed by atoms with Gasteiger partial charge in [-0.1, -0.05) is 26.7 Å². The van der Waals surface area contributed by atoms with Crippen LogP contribution >= 0.6 is 0 Å². The third-order valence-electron chi connectivity index (χ3n) is 3.79. The molecule has 0 saturated carbocycles. The Morgan fingerprint density at radius 1 is 1.35 bits per heavy atom. The summed E-state index contributed by atoms with van der Waals surface area (Å²) in [4.78, 5) is 2.36. The van der Waals surface area contributed by atoms with Gasteiger partial charge in [0.1, 0.15) is 5.76 Å². The van der Waals surface area contributed by atoms with E-state index in [0.717, 1.165) is 18.8 Å². The summed E-state index contributed by atoms with van der Waals surface area (Å²) in [6.45, 7) is 8.14. The smallest absolute Gasteiger partial charge is 0.105 e. The number of aryl methyl sites for hydroxylation is 1. The molecule has 0 aliphatic rings. The van der Waals surface area contributed by atoms with Crippen molar-refractivity contribution in [2.24, 2.45) is 11.7 Å². The van der Waals surface area contributed by atoms with Crippen molar-refractivity contribution in [3.8, 4) is 0 Å². The van der Waals surface area contributed by atoms with Crippen molar-refractivity contribution in [3.05, 3.63) is 23.7 Å². The predicted octanol–water partition coefficient (Wildman–Crippen LogP) is 2.78. The maximum Gasteiger partial charge on any atom is 0.105 e. The van der Waals surface area contributed by atoms with E-state index in [4.69, 9.17) is 10.2 Å². The molecule has 2 N–H and O–H groups in total. The maximum absolute atomic E-state index is 5.93. The highest BCUT2D eigenvalue weighted by Crippen LogP contribution is 2.20. The van der Waals surface area contributed by atoms with Crippen LogP contribution in [0.15, 0.2) is 16.7 Å². The Morgan fingerprint density at radius 3 is 2.41 bits per heavy atom. The number of nitrogens with zero attached hydrogens (tertiary/aromatic N) is 1. The normalized spacial score (nSPS) is 13.6. The number of nitrogens with two attached hydrogens (primary N) is 1. The minimum Gasteiger partial charge on any atom is -0.469 e. The van der Waals surface area contributed by atoms with Gasteiger partial charge in [-0.05, 0) is 26.0 Å². The van der Waals surface area contributed by atoms with Crippen LogP contribution in [0.3, 0.4) is 0 Å². The van der Waals surface area contributed by atoms with Gasteiger partial charge in [0.05, 0.1) is 6.26 Å². The molecular weight excluding hydrogens is 212 g/mol. The van der Waals surface area contributed by atoms with Crippen molar-refractivity contribution < 1.29 is 4.42 Å². The van der Waals surface area contributed by atoms with Crippen LogP contribution in [-0.2, 0) is 6.54 Å². The van der Waals surface area contributed by atoms with E-state index in [1.807, 2.05) is 13.0 Å². The molecule has 0 aliphatic carbocycles. The Balaban J connectivity index is 2.66. The minimum absolute atomic E-state index is 0.458. The highest BCUT2D eigenvalue weighted by atomic mass is 16.3. The fourth-order valence-corrected chi connectivity index (χ4v) is 2.53. The molecule has 0 aliphatic heterocycles. The molecule has 0 fully saturated rings. The lowest BCUT2D eigenvalue weighted by atomic mass is 9.93. The Labute approximate surface area is 105 Å². The minimum atomic E-state index is 0.458. The van der Waals surface area contributed by atoms with Crippen molar-refractivity contribution in [1.29, 1.82) is 0 Å². The first-order valence-electron chi connectivity index (χ1n) is 6.57. The lowest BCUT2D eigenvalue weighted by Gasteiger charge is -2.32. The third kappa shape index (κ3) is 3.58. The van der Waals surface area contributed by atoms with Crippen molar-refractivity contribution in [3.63, 3.8) is 0 Å². The zero-order valence-corrected chi connectivity index (χ0v) is 11.6. The van der Waals surface area contributed by atoms with Gasteiger partial charge in [-0.2, -0.15) is 0 Å².